The molecule has 1 saturated heterocycles. The topological polar surface area (TPSA) is 18.5 Å². The molecule has 172 valence electrons. The van der Waals surface area contributed by atoms with Crippen molar-refractivity contribution < 1.29 is 9.47 Å². The standard InChI is InChI=1S/C28H48O2/c1-19(2)7-6-8-20(3)23-9-10-24-22-17-21-18-28(29-15-16-30-28)14-13-26(21,4)25(22)11-12-27(23,24)5/h19-25H,6-18H2,1-5H3. The lowest BCUT2D eigenvalue weighted by Gasteiger charge is -2.52. The van der Waals surface area contributed by atoms with E-state index in [4.69, 9.17) is 9.47 Å². The molecule has 4 saturated carbocycles. The van der Waals surface area contributed by atoms with Crippen molar-refractivity contribution in [3.63, 3.8) is 0 Å². The zero-order chi connectivity index (χ0) is 21.1. The minimum absolute atomic E-state index is 0.204. The van der Waals surface area contributed by atoms with Gasteiger partial charge >= 0.3 is 0 Å². The van der Waals surface area contributed by atoms with Gasteiger partial charge in [-0.05, 0) is 90.8 Å². The fourth-order valence-corrected chi connectivity index (χ4v) is 9.76. The highest BCUT2D eigenvalue weighted by Gasteiger charge is 2.64. The maximum Gasteiger partial charge on any atom is 0.168 e. The highest BCUT2D eigenvalue weighted by atomic mass is 16.7. The predicted octanol–water partition coefficient (Wildman–Crippen LogP) is 7.46. The zero-order valence-electron chi connectivity index (χ0n) is 20.6. The Hall–Kier alpha value is -0.0800. The third-order valence-corrected chi connectivity index (χ3v) is 11.4. The van der Waals surface area contributed by atoms with E-state index in [1.54, 1.807) is 0 Å². The monoisotopic (exact) mass is 416 g/mol. The highest BCUT2D eigenvalue weighted by molar-refractivity contribution is 5.12. The molecule has 8 atom stereocenters. The highest BCUT2D eigenvalue weighted by Crippen LogP contribution is 2.71. The summed E-state index contributed by atoms with van der Waals surface area (Å²) in [5, 5.41) is 0. The van der Waals surface area contributed by atoms with E-state index in [1.807, 2.05) is 0 Å². The Bertz CT molecular complexity index is 622. The Balaban J connectivity index is 1.30. The number of ether oxygens (including phenoxy) is 2. The van der Waals surface area contributed by atoms with Crippen LogP contribution < -0.4 is 0 Å². The second kappa shape index (κ2) is 7.75. The largest absolute Gasteiger partial charge is 0.348 e. The van der Waals surface area contributed by atoms with Crippen molar-refractivity contribution >= 4 is 0 Å². The molecule has 0 N–H and O–H groups in total. The smallest absolute Gasteiger partial charge is 0.168 e. The summed E-state index contributed by atoms with van der Waals surface area (Å²) in [6.45, 7) is 14.4. The SMILES string of the molecule is CC(C)CCCC(C)C1CCC2C3CC4CC5(CCC4(C)C3CCC12C)OCCO5. The molecule has 5 rings (SSSR count). The van der Waals surface area contributed by atoms with Gasteiger partial charge in [0.1, 0.15) is 0 Å². The number of hydrogen-bond acceptors (Lipinski definition) is 2. The summed E-state index contributed by atoms with van der Waals surface area (Å²) >= 11 is 0. The third-order valence-electron chi connectivity index (χ3n) is 11.4. The van der Waals surface area contributed by atoms with E-state index in [0.29, 0.717) is 10.8 Å². The molecule has 8 unspecified atom stereocenters. The molecule has 0 amide bonds. The van der Waals surface area contributed by atoms with Gasteiger partial charge in [0, 0.05) is 12.8 Å². The summed E-state index contributed by atoms with van der Waals surface area (Å²) in [7, 11) is 0. The quantitative estimate of drug-likeness (QED) is 0.463. The lowest BCUT2D eigenvalue weighted by atomic mass is 9.53. The van der Waals surface area contributed by atoms with E-state index in [0.717, 1.165) is 61.1 Å². The maximum atomic E-state index is 6.17. The van der Waals surface area contributed by atoms with Gasteiger partial charge in [0.15, 0.2) is 5.79 Å². The van der Waals surface area contributed by atoms with Crippen molar-refractivity contribution in [2.45, 2.75) is 111 Å². The lowest BCUT2D eigenvalue weighted by Crippen LogP contribution is -2.47. The zero-order valence-corrected chi connectivity index (χ0v) is 20.6. The molecule has 1 heterocycles. The van der Waals surface area contributed by atoms with Gasteiger partial charge in [-0.15, -0.1) is 0 Å². The molecule has 5 fully saturated rings. The summed E-state index contributed by atoms with van der Waals surface area (Å²) in [6, 6.07) is 0. The van der Waals surface area contributed by atoms with E-state index < -0.39 is 0 Å². The van der Waals surface area contributed by atoms with Crippen LogP contribution in [0.5, 0.6) is 0 Å². The van der Waals surface area contributed by atoms with Gasteiger partial charge in [-0.3, -0.25) is 0 Å². The van der Waals surface area contributed by atoms with Crippen molar-refractivity contribution in [1.82, 2.24) is 0 Å². The fourth-order valence-electron chi connectivity index (χ4n) is 9.76. The summed E-state index contributed by atoms with van der Waals surface area (Å²) in [5.74, 6) is 6.29. The average molecular weight is 417 g/mol. The molecule has 2 heteroatoms. The Kier molecular flexibility index (Phi) is 5.62. The molecule has 0 radical (unpaired) electrons. The Morgan fingerprint density at radius 2 is 1.57 bits per heavy atom. The first-order valence-corrected chi connectivity index (χ1v) is 13.6. The maximum absolute atomic E-state index is 6.17. The van der Waals surface area contributed by atoms with Gasteiger partial charge < -0.3 is 9.47 Å². The number of rotatable bonds is 5. The molecule has 0 bridgehead atoms. The molecular formula is C28H48O2. The van der Waals surface area contributed by atoms with Crippen molar-refractivity contribution in [3.05, 3.63) is 0 Å². The van der Waals surface area contributed by atoms with Gasteiger partial charge in [0.2, 0.25) is 0 Å². The van der Waals surface area contributed by atoms with E-state index >= 15 is 0 Å². The van der Waals surface area contributed by atoms with Gasteiger partial charge in [-0.1, -0.05) is 53.9 Å². The molecule has 5 aliphatic rings. The van der Waals surface area contributed by atoms with Crippen molar-refractivity contribution in [2.75, 3.05) is 13.2 Å². The van der Waals surface area contributed by atoms with E-state index in [9.17, 15) is 0 Å². The predicted molar refractivity (Wildman–Crippen MR) is 123 cm³/mol. The Morgan fingerprint density at radius 3 is 2.30 bits per heavy atom. The molecule has 30 heavy (non-hydrogen) atoms. The van der Waals surface area contributed by atoms with Crippen LogP contribution in [0, 0.1) is 52.3 Å². The number of hydrogen-bond donors (Lipinski definition) is 0. The first-order chi connectivity index (χ1) is 14.3. The van der Waals surface area contributed by atoms with Crippen LogP contribution in [0.3, 0.4) is 0 Å². The van der Waals surface area contributed by atoms with Crippen molar-refractivity contribution in [1.29, 1.82) is 0 Å². The summed E-state index contributed by atoms with van der Waals surface area (Å²) in [6.07, 6.45) is 15.4. The lowest BCUT2D eigenvalue weighted by molar-refractivity contribution is -0.206. The van der Waals surface area contributed by atoms with E-state index in [-0.39, 0.29) is 5.79 Å². The number of fused-ring (bicyclic) bond motifs is 5. The van der Waals surface area contributed by atoms with E-state index in [1.165, 1.54) is 64.2 Å². The second-order valence-electron chi connectivity index (χ2n) is 13.2. The summed E-state index contributed by atoms with van der Waals surface area (Å²) in [5.41, 5.74) is 1.16. The van der Waals surface area contributed by atoms with Gasteiger partial charge in [-0.25, -0.2) is 0 Å². The van der Waals surface area contributed by atoms with Crippen LogP contribution in [-0.4, -0.2) is 19.0 Å². The van der Waals surface area contributed by atoms with Crippen LogP contribution in [0.4, 0.5) is 0 Å². The molecule has 1 aliphatic heterocycles. The third kappa shape index (κ3) is 3.33. The minimum Gasteiger partial charge on any atom is -0.348 e. The van der Waals surface area contributed by atoms with Crippen LogP contribution in [-0.2, 0) is 9.47 Å². The fraction of sp³-hybridized carbons (Fsp3) is 1.00. The first kappa shape index (κ1) is 21.7. The summed E-state index contributed by atoms with van der Waals surface area (Å²) in [4.78, 5) is 0. The normalized spacial score (nSPS) is 48.0. The van der Waals surface area contributed by atoms with Crippen LogP contribution in [0.2, 0.25) is 0 Å². The molecule has 0 aromatic heterocycles. The molecule has 4 aliphatic carbocycles. The van der Waals surface area contributed by atoms with Crippen LogP contribution in [0.1, 0.15) is 105 Å². The van der Waals surface area contributed by atoms with Gasteiger partial charge in [0.25, 0.3) is 0 Å². The Labute approximate surface area is 186 Å². The van der Waals surface area contributed by atoms with Crippen LogP contribution in [0.15, 0.2) is 0 Å². The van der Waals surface area contributed by atoms with Crippen molar-refractivity contribution in [3.8, 4) is 0 Å². The Morgan fingerprint density at radius 1 is 0.833 bits per heavy atom. The molecule has 2 nitrogen and oxygen atoms in total. The van der Waals surface area contributed by atoms with Gasteiger partial charge in [-0.2, -0.15) is 0 Å². The molecular weight excluding hydrogens is 368 g/mol. The first-order valence-electron chi connectivity index (χ1n) is 13.6. The molecule has 1 spiro atoms. The van der Waals surface area contributed by atoms with Gasteiger partial charge in [0.05, 0.1) is 13.2 Å². The van der Waals surface area contributed by atoms with Crippen molar-refractivity contribution in [2.24, 2.45) is 52.3 Å². The molecule has 0 aromatic carbocycles. The molecule has 0 aromatic rings. The van der Waals surface area contributed by atoms with Crippen LogP contribution in [0.25, 0.3) is 0 Å². The summed E-state index contributed by atoms with van der Waals surface area (Å²) < 4.78 is 12.3. The van der Waals surface area contributed by atoms with Crippen LogP contribution >= 0.6 is 0 Å². The minimum atomic E-state index is -0.204. The van der Waals surface area contributed by atoms with E-state index in [2.05, 4.69) is 34.6 Å². The average Bonchev–Trinajstić information content (AvgIpc) is 3.36. The second-order valence-corrected chi connectivity index (χ2v) is 13.2.